The van der Waals surface area contributed by atoms with Gasteiger partial charge in [-0.2, -0.15) is 4.98 Å². The van der Waals surface area contributed by atoms with Crippen molar-refractivity contribution < 1.29 is 9.26 Å². The van der Waals surface area contributed by atoms with Gasteiger partial charge < -0.3 is 9.26 Å². The van der Waals surface area contributed by atoms with Crippen LogP contribution in [0.2, 0.25) is 0 Å². The minimum Gasteiger partial charge on any atom is -0.381 e. The van der Waals surface area contributed by atoms with Crippen LogP contribution in [0.5, 0.6) is 0 Å². The van der Waals surface area contributed by atoms with E-state index in [0.29, 0.717) is 25.5 Å². The first-order chi connectivity index (χ1) is 11.9. The van der Waals surface area contributed by atoms with Gasteiger partial charge in [-0.3, -0.25) is 0 Å². The number of hydrogen-bond donors (Lipinski definition) is 0. The van der Waals surface area contributed by atoms with Crippen LogP contribution in [-0.4, -0.2) is 23.4 Å². The molecule has 0 unspecified atom stereocenters. The highest BCUT2D eigenvalue weighted by Gasteiger charge is 2.41. The maximum absolute atomic E-state index is 5.72. The maximum Gasteiger partial charge on any atom is 0.237 e. The third-order valence-corrected chi connectivity index (χ3v) is 4.76. The summed E-state index contributed by atoms with van der Waals surface area (Å²) in [5.41, 5.74) is 2.18. The van der Waals surface area contributed by atoms with Crippen LogP contribution >= 0.6 is 0 Å². The molecule has 2 heterocycles. The molecule has 0 atom stereocenters. The fourth-order valence-electron chi connectivity index (χ4n) is 3.40. The number of hydrogen-bond acceptors (Lipinski definition) is 4. The SMILES string of the molecule is c1ccc(Cc2noc(C3(c4ccccc4)CCOCC3)n2)cc1. The Morgan fingerprint density at radius 1 is 0.875 bits per heavy atom. The molecule has 0 radical (unpaired) electrons. The Hall–Kier alpha value is -2.46. The van der Waals surface area contributed by atoms with Crippen LogP contribution in [0, 0.1) is 0 Å². The molecule has 1 fully saturated rings. The van der Waals surface area contributed by atoms with Gasteiger partial charge in [0.15, 0.2) is 5.82 Å². The number of aromatic nitrogens is 2. The molecule has 2 aromatic carbocycles. The second-order valence-corrected chi connectivity index (χ2v) is 6.24. The minimum absolute atomic E-state index is 0.235. The first kappa shape index (κ1) is 15.1. The van der Waals surface area contributed by atoms with E-state index < -0.39 is 0 Å². The van der Waals surface area contributed by atoms with Gasteiger partial charge in [-0.25, -0.2) is 0 Å². The van der Waals surface area contributed by atoms with Gasteiger partial charge in [-0.05, 0) is 24.0 Å². The van der Waals surface area contributed by atoms with E-state index in [1.54, 1.807) is 0 Å². The van der Waals surface area contributed by atoms with Gasteiger partial charge in [0.05, 0.1) is 5.41 Å². The van der Waals surface area contributed by atoms with Gasteiger partial charge in [-0.1, -0.05) is 65.8 Å². The van der Waals surface area contributed by atoms with E-state index in [4.69, 9.17) is 14.2 Å². The Morgan fingerprint density at radius 2 is 1.54 bits per heavy atom. The van der Waals surface area contributed by atoms with Crippen molar-refractivity contribution in [3.05, 3.63) is 83.5 Å². The monoisotopic (exact) mass is 320 g/mol. The lowest BCUT2D eigenvalue weighted by molar-refractivity contribution is 0.0523. The summed E-state index contributed by atoms with van der Waals surface area (Å²) in [7, 11) is 0. The second-order valence-electron chi connectivity index (χ2n) is 6.24. The lowest BCUT2D eigenvalue weighted by Gasteiger charge is -2.34. The van der Waals surface area contributed by atoms with Gasteiger partial charge in [0.2, 0.25) is 5.89 Å². The molecule has 4 nitrogen and oxygen atoms in total. The fraction of sp³-hybridized carbons (Fsp3) is 0.300. The number of ether oxygens (including phenoxy) is 1. The topological polar surface area (TPSA) is 48.2 Å². The van der Waals surface area contributed by atoms with Crippen LogP contribution in [-0.2, 0) is 16.6 Å². The van der Waals surface area contributed by atoms with E-state index in [2.05, 4.69) is 41.6 Å². The molecule has 4 rings (SSSR count). The van der Waals surface area contributed by atoms with Crippen molar-refractivity contribution in [2.45, 2.75) is 24.7 Å². The molecule has 1 aliphatic rings. The van der Waals surface area contributed by atoms with Gasteiger partial charge in [0, 0.05) is 19.6 Å². The summed E-state index contributed by atoms with van der Waals surface area (Å²) < 4.78 is 11.3. The predicted molar refractivity (Wildman–Crippen MR) is 90.8 cm³/mol. The highest BCUT2D eigenvalue weighted by atomic mass is 16.5. The largest absolute Gasteiger partial charge is 0.381 e. The van der Waals surface area contributed by atoms with Crippen molar-refractivity contribution in [2.75, 3.05) is 13.2 Å². The molecule has 1 aliphatic heterocycles. The molecule has 0 saturated carbocycles. The Labute approximate surface area is 141 Å². The molecular formula is C20H20N2O2. The molecule has 0 amide bonds. The normalized spacial score (nSPS) is 16.8. The summed E-state index contributed by atoms with van der Waals surface area (Å²) in [5, 5.41) is 4.23. The van der Waals surface area contributed by atoms with E-state index in [1.165, 1.54) is 11.1 Å². The summed E-state index contributed by atoms with van der Waals surface area (Å²) in [6.45, 7) is 1.43. The van der Waals surface area contributed by atoms with E-state index in [1.807, 2.05) is 24.3 Å². The lowest BCUT2D eigenvalue weighted by Crippen LogP contribution is -2.35. The lowest BCUT2D eigenvalue weighted by atomic mass is 9.74. The van der Waals surface area contributed by atoms with Crippen LogP contribution in [0.25, 0.3) is 0 Å². The molecule has 0 spiro atoms. The van der Waals surface area contributed by atoms with Crippen molar-refractivity contribution in [3.8, 4) is 0 Å². The van der Waals surface area contributed by atoms with Crippen molar-refractivity contribution >= 4 is 0 Å². The first-order valence-corrected chi connectivity index (χ1v) is 8.37. The Balaban J connectivity index is 1.67. The van der Waals surface area contributed by atoms with Crippen molar-refractivity contribution in [1.29, 1.82) is 0 Å². The van der Waals surface area contributed by atoms with E-state index in [9.17, 15) is 0 Å². The number of nitrogens with zero attached hydrogens (tertiary/aromatic N) is 2. The summed E-state index contributed by atoms with van der Waals surface area (Å²) in [5.74, 6) is 1.45. The highest BCUT2D eigenvalue weighted by Crippen LogP contribution is 2.40. The molecule has 24 heavy (non-hydrogen) atoms. The zero-order chi connectivity index (χ0) is 16.2. The van der Waals surface area contributed by atoms with Gasteiger partial charge in [0.25, 0.3) is 0 Å². The maximum atomic E-state index is 5.72. The smallest absolute Gasteiger partial charge is 0.237 e. The molecule has 122 valence electrons. The quantitative estimate of drug-likeness (QED) is 0.734. The van der Waals surface area contributed by atoms with Crippen molar-refractivity contribution in [2.24, 2.45) is 0 Å². The average Bonchev–Trinajstić information content (AvgIpc) is 3.13. The van der Waals surface area contributed by atoms with Crippen LogP contribution in [0.3, 0.4) is 0 Å². The minimum atomic E-state index is -0.235. The Kier molecular flexibility index (Phi) is 4.13. The highest BCUT2D eigenvalue weighted by molar-refractivity contribution is 5.32. The number of benzene rings is 2. The third-order valence-electron chi connectivity index (χ3n) is 4.76. The zero-order valence-corrected chi connectivity index (χ0v) is 13.5. The van der Waals surface area contributed by atoms with Crippen molar-refractivity contribution in [3.63, 3.8) is 0 Å². The standard InChI is InChI=1S/C20H20N2O2/c1-3-7-16(8-4-1)15-18-21-19(24-22-18)20(11-13-23-14-12-20)17-9-5-2-6-10-17/h1-10H,11-15H2. The van der Waals surface area contributed by atoms with Crippen LogP contribution in [0.15, 0.2) is 65.2 Å². The average molecular weight is 320 g/mol. The fourth-order valence-corrected chi connectivity index (χ4v) is 3.40. The van der Waals surface area contributed by atoms with Crippen LogP contribution in [0.4, 0.5) is 0 Å². The Morgan fingerprint density at radius 3 is 2.25 bits per heavy atom. The Bertz CT molecular complexity index is 778. The summed E-state index contributed by atoms with van der Waals surface area (Å²) >= 11 is 0. The molecule has 0 aliphatic carbocycles. The predicted octanol–water partition coefficient (Wildman–Crippen LogP) is 3.76. The van der Waals surface area contributed by atoms with E-state index >= 15 is 0 Å². The third kappa shape index (κ3) is 2.85. The van der Waals surface area contributed by atoms with Crippen LogP contribution in [0.1, 0.15) is 35.7 Å². The summed E-state index contributed by atoms with van der Waals surface area (Å²) in [6.07, 6.45) is 2.42. The van der Waals surface area contributed by atoms with Gasteiger partial charge in [0.1, 0.15) is 0 Å². The molecule has 1 saturated heterocycles. The summed E-state index contributed by atoms with van der Waals surface area (Å²) in [6, 6.07) is 20.7. The molecule has 4 heteroatoms. The second kappa shape index (κ2) is 6.57. The van der Waals surface area contributed by atoms with Crippen molar-refractivity contribution in [1.82, 2.24) is 10.1 Å². The van der Waals surface area contributed by atoms with Gasteiger partial charge >= 0.3 is 0 Å². The molecule has 0 bridgehead atoms. The van der Waals surface area contributed by atoms with Crippen LogP contribution < -0.4 is 0 Å². The van der Waals surface area contributed by atoms with E-state index in [0.717, 1.165) is 18.7 Å². The van der Waals surface area contributed by atoms with E-state index in [-0.39, 0.29) is 5.41 Å². The molecule has 1 aromatic heterocycles. The molecule has 0 N–H and O–H groups in total. The first-order valence-electron chi connectivity index (χ1n) is 8.37. The molecular weight excluding hydrogens is 300 g/mol. The summed E-state index contributed by atoms with van der Waals surface area (Å²) in [4.78, 5) is 4.74. The van der Waals surface area contributed by atoms with Gasteiger partial charge in [-0.15, -0.1) is 0 Å². The number of rotatable bonds is 4. The zero-order valence-electron chi connectivity index (χ0n) is 13.5. The molecule has 3 aromatic rings.